The summed E-state index contributed by atoms with van der Waals surface area (Å²) in [5, 5.41) is 0. The van der Waals surface area contributed by atoms with Crippen LogP contribution in [0.2, 0.25) is 0 Å². The van der Waals surface area contributed by atoms with Gasteiger partial charge in [-0.25, -0.2) is 0 Å². The van der Waals surface area contributed by atoms with E-state index in [2.05, 4.69) is 4.99 Å². The van der Waals surface area contributed by atoms with Gasteiger partial charge in [0, 0.05) is 6.54 Å². The van der Waals surface area contributed by atoms with Crippen LogP contribution in [0.5, 0.6) is 0 Å². The Morgan fingerprint density at radius 2 is 1.70 bits per heavy atom. The lowest BCUT2D eigenvalue weighted by atomic mass is 9.92. The molecule has 0 N–H and O–H groups in total. The normalized spacial score (nSPS) is 14.0. The fraction of sp³-hybridized carbons (Fsp3) is 0.438. The first-order valence-corrected chi connectivity index (χ1v) is 6.53. The fourth-order valence-corrected chi connectivity index (χ4v) is 1.49. The van der Waals surface area contributed by atoms with Gasteiger partial charge in [-0.1, -0.05) is 57.2 Å². The van der Waals surface area contributed by atoms with Crippen molar-refractivity contribution in [1.29, 1.82) is 0 Å². The topological polar surface area (TPSA) is 12.4 Å². The number of nitrogens with zero attached hydrogens (tertiary/aromatic N) is 1. The molecule has 0 unspecified atom stereocenters. The van der Waals surface area contributed by atoms with Crippen molar-refractivity contribution in [3.63, 3.8) is 0 Å². The second-order valence-corrected chi connectivity index (χ2v) is 5.82. The van der Waals surface area contributed by atoms with Crippen LogP contribution in [-0.2, 0) is 0 Å². The van der Waals surface area contributed by atoms with Crippen molar-refractivity contribution in [2.75, 3.05) is 6.54 Å². The molecule has 0 spiro atoms. The van der Waals surface area contributed by atoms with Crippen LogP contribution in [0.25, 0.3) is 6.08 Å². The van der Waals surface area contributed by atoms with Crippen molar-refractivity contribution >= 4 is 11.8 Å². The zero-order chi connectivity index (χ0) is 15.2. The Labute approximate surface area is 118 Å². The minimum atomic E-state index is -4.41. The average Bonchev–Trinajstić information content (AvgIpc) is 2.32. The van der Waals surface area contributed by atoms with Gasteiger partial charge in [-0.2, -0.15) is 13.2 Å². The molecule has 0 heterocycles. The second kappa shape index (κ2) is 6.73. The summed E-state index contributed by atoms with van der Waals surface area (Å²) in [5.74, 6) is 0. The average molecular weight is 283 g/mol. The minimum absolute atomic E-state index is 0.0245. The predicted molar refractivity (Wildman–Crippen MR) is 77.9 cm³/mol. The number of alkyl halides is 3. The lowest BCUT2D eigenvalue weighted by Gasteiger charge is -2.16. The first-order chi connectivity index (χ1) is 9.18. The molecule has 0 amide bonds. The Hall–Kier alpha value is -1.58. The molecule has 0 saturated heterocycles. The van der Waals surface area contributed by atoms with Crippen molar-refractivity contribution < 1.29 is 13.2 Å². The highest BCUT2D eigenvalue weighted by Gasteiger charge is 2.33. The molecule has 1 aromatic carbocycles. The Kier molecular flexibility index (Phi) is 5.54. The lowest BCUT2D eigenvalue weighted by Crippen LogP contribution is -2.21. The van der Waals surface area contributed by atoms with Crippen molar-refractivity contribution in [3.8, 4) is 0 Å². The highest BCUT2D eigenvalue weighted by atomic mass is 19.4. The third kappa shape index (κ3) is 6.55. The SMILES string of the molecule is CC(C)(C)CC/N=C(/C=C/c1ccccc1)C(F)(F)F. The number of hydrogen-bond donors (Lipinski definition) is 0. The van der Waals surface area contributed by atoms with Gasteiger partial charge in [-0.3, -0.25) is 4.99 Å². The molecule has 0 fully saturated rings. The highest BCUT2D eigenvalue weighted by molar-refractivity contribution is 6.02. The first-order valence-electron chi connectivity index (χ1n) is 6.53. The van der Waals surface area contributed by atoms with Crippen LogP contribution in [0.15, 0.2) is 41.4 Å². The van der Waals surface area contributed by atoms with Crippen LogP contribution < -0.4 is 0 Å². The summed E-state index contributed by atoms with van der Waals surface area (Å²) < 4.78 is 38.6. The second-order valence-electron chi connectivity index (χ2n) is 5.82. The van der Waals surface area contributed by atoms with Gasteiger partial charge in [0.25, 0.3) is 0 Å². The molecule has 0 aliphatic carbocycles. The number of aliphatic imine (C=N–C) groups is 1. The quantitative estimate of drug-likeness (QED) is 0.678. The number of benzene rings is 1. The number of hydrogen-bond acceptors (Lipinski definition) is 1. The third-order valence-electron chi connectivity index (χ3n) is 2.67. The Balaban J connectivity index is 2.81. The van der Waals surface area contributed by atoms with Crippen molar-refractivity contribution in [2.24, 2.45) is 10.4 Å². The summed E-state index contributed by atoms with van der Waals surface area (Å²) in [6.45, 7) is 6.12. The predicted octanol–water partition coefficient (Wildman–Crippen LogP) is 5.14. The third-order valence-corrected chi connectivity index (χ3v) is 2.67. The van der Waals surface area contributed by atoms with E-state index in [0.29, 0.717) is 6.42 Å². The van der Waals surface area contributed by atoms with Crippen LogP contribution in [0.1, 0.15) is 32.8 Å². The van der Waals surface area contributed by atoms with Crippen molar-refractivity contribution in [3.05, 3.63) is 42.0 Å². The molecule has 0 aromatic heterocycles. The molecule has 1 aromatic rings. The molecule has 0 bridgehead atoms. The van der Waals surface area contributed by atoms with Crippen LogP contribution in [-0.4, -0.2) is 18.4 Å². The molecule has 110 valence electrons. The van der Waals surface area contributed by atoms with Gasteiger partial charge in [0.1, 0.15) is 5.71 Å². The van der Waals surface area contributed by atoms with E-state index in [0.717, 1.165) is 11.6 Å². The molecule has 0 atom stereocenters. The Morgan fingerprint density at radius 3 is 2.20 bits per heavy atom. The van der Waals surface area contributed by atoms with E-state index in [1.54, 1.807) is 24.3 Å². The smallest absolute Gasteiger partial charge is 0.281 e. The summed E-state index contributed by atoms with van der Waals surface area (Å²) in [5.41, 5.74) is -0.130. The summed E-state index contributed by atoms with van der Waals surface area (Å²) in [4.78, 5) is 3.70. The van der Waals surface area contributed by atoms with Gasteiger partial charge >= 0.3 is 6.18 Å². The molecule has 1 rings (SSSR count). The Morgan fingerprint density at radius 1 is 1.10 bits per heavy atom. The van der Waals surface area contributed by atoms with Crippen LogP contribution in [0, 0.1) is 5.41 Å². The summed E-state index contributed by atoms with van der Waals surface area (Å²) in [6.07, 6.45) is -1.32. The van der Waals surface area contributed by atoms with Crippen LogP contribution in [0.4, 0.5) is 13.2 Å². The van der Waals surface area contributed by atoms with Crippen molar-refractivity contribution in [1.82, 2.24) is 0 Å². The van der Waals surface area contributed by atoms with Crippen LogP contribution in [0.3, 0.4) is 0 Å². The zero-order valence-corrected chi connectivity index (χ0v) is 12.0. The van der Waals surface area contributed by atoms with E-state index in [9.17, 15) is 13.2 Å². The molecule has 0 aliphatic heterocycles. The first kappa shape index (κ1) is 16.5. The Bertz CT molecular complexity index is 465. The molecule has 0 saturated carbocycles. The number of halogens is 3. The molecular weight excluding hydrogens is 263 g/mol. The summed E-state index contributed by atoms with van der Waals surface area (Å²) in [6, 6.07) is 8.88. The largest absolute Gasteiger partial charge is 0.432 e. The van der Waals surface area contributed by atoms with Gasteiger partial charge in [-0.15, -0.1) is 0 Å². The maximum atomic E-state index is 12.9. The van der Waals surface area contributed by atoms with E-state index in [-0.39, 0.29) is 12.0 Å². The molecule has 20 heavy (non-hydrogen) atoms. The number of rotatable bonds is 4. The monoisotopic (exact) mass is 283 g/mol. The molecule has 4 heteroatoms. The van der Waals surface area contributed by atoms with Gasteiger partial charge in [0.15, 0.2) is 0 Å². The number of allylic oxidation sites excluding steroid dienone is 1. The minimum Gasteiger partial charge on any atom is -0.281 e. The van der Waals surface area contributed by atoms with Crippen molar-refractivity contribution in [2.45, 2.75) is 33.4 Å². The van der Waals surface area contributed by atoms with E-state index >= 15 is 0 Å². The van der Waals surface area contributed by atoms with E-state index < -0.39 is 11.9 Å². The van der Waals surface area contributed by atoms with Gasteiger partial charge in [0.05, 0.1) is 0 Å². The van der Waals surface area contributed by atoms with E-state index in [4.69, 9.17) is 0 Å². The van der Waals surface area contributed by atoms with Crippen LogP contribution >= 0.6 is 0 Å². The van der Waals surface area contributed by atoms with E-state index in [1.807, 2.05) is 26.8 Å². The zero-order valence-electron chi connectivity index (χ0n) is 12.0. The fourth-order valence-electron chi connectivity index (χ4n) is 1.49. The maximum Gasteiger partial charge on any atom is 0.432 e. The van der Waals surface area contributed by atoms with E-state index in [1.165, 1.54) is 6.08 Å². The molecule has 0 aliphatic rings. The standard InChI is InChI=1S/C16H20F3N/c1-15(2,3)11-12-20-14(16(17,18)19)10-9-13-7-5-4-6-8-13/h4-10H,11-12H2,1-3H3/b10-9+,20-14-. The molecular formula is C16H20F3N. The van der Waals surface area contributed by atoms with Gasteiger partial charge < -0.3 is 0 Å². The van der Waals surface area contributed by atoms with Gasteiger partial charge in [0.2, 0.25) is 0 Å². The maximum absolute atomic E-state index is 12.9. The van der Waals surface area contributed by atoms with Gasteiger partial charge in [-0.05, 0) is 23.5 Å². The summed E-state index contributed by atoms with van der Waals surface area (Å²) >= 11 is 0. The lowest BCUT2D eigenvalue weighted by molar-refractivity contribution is -0.0578. The molecule has 0 radical (unpaired) electrons. The summed E-state index contributed by atoms with van der Waals surface area (Å²) in [7, 11) is 0. The molecule has 1 nitrogen and oxygen atoms in total. The highest BCUT2D eigenvalue weighted by Crippen LogP contribution is 2.22.